The first-order valence-corrected chi connectivity index (χ1v) is 6.32. The maximum atomic E-state index is 11.4. The number of ether oxygens (including phenoxy) is 1. The first-order valence-electron chi connectivity index (χ1n) is 5.58. The number of H-pyrrole nitrogens is 1. The largest absolute Gasteiger partial charge is 0.469 e. The van der Waals surface area contributed by atoms with E-state index in [1.54, 1.807) is 0 Å². The van der Waals surface area contributed by atoms with Crippen molar-refractivity contribution in [2.24, 2.45) is 0 Å². The highest BCUT2D eigenvalue weighted by Gasteiger charge is 2.11. The van der Waals surface area contributed by atoms with E-state index in [1.165, 1.54) is 7.11 Å². The number of hydrogen-bond acceptors (Lipinski definition) is 6. The van der Waals surface area contributed by atoms with E-state index in [4.69, 9.17) is 4.18 Å². The molecule has 0 spiro atoms. The Labute approximate surface area is 113 Å². The minimum atomic E-state index is -0.490. The van der Waals surface area contributed by atoms with E-state index >= 15 is 0 Å². The Bertz CT molecular complexity index is 563. The summed E-state index contributed by atoms with van der Waals surface area (Å²) in [5.74, 6) is -0.929. The zero-order valence-corrected chi connectivity index (χ0v) is 11.0. The van der Waals surface area contributed by atoms with Gasteiger partial charge in [-0.15, -0.1) is 0 Å². The first-order chi connectivity index (χ1) is 9.19. The lowest BCUT2D eigenvalue weighted by Crippen LogP contribution is -2.06. The summed E-state index contributed by atoms with van der Waals surface area (Å²) in [6, 6.07) is 7.50. The van der Waals surface area contributed by atoms with Gasteiger partial charge in [-0.05, 0) is 12.1 Å². The highest BCUT2D eigenvalue weighted by atomic mass is 32.2. The molecule has 0 atom stereocenters. The zero-order chi connectivity index (χ0) is 13.7. The molecule has 1 aromatic carbocycles. The quantitative estimate of drug-likeness (QED) is 0.667. The summed E-state index contributed by atoms with van der Waals surface area (Å²) in [5.41, 5.74) is 1.67. The second-order valence-corrected chi connectivity index (χ2v) is 4.39. The van der Waals surface area contributed by atoms with Crippen molar-refractivity contribution in [2.45, 2.75) is 18.0 Å². The van der Waals surface area contributed by atoms with Crippen molar-refractivity contribution in [3.8, 4) is 0 Å². The van der Waals surface area contributed by atoms with Crippen molar-refractivity contribution >= 4 is 35.0 Å². The molecule has 0 aliphatic heterocycles. The Morgan fingerprint density at radius 3 is 2.74 bits per heavy atom. The SMILES string of the molecule is COC(=O)CCC(=O)OSc1nc2ccccc2[nH]1. The Kier molecular flexibility index (Phi) is 4.40. The molecule has 0 unspecified atom stereocenters. The van der Waals surface area contributed by atoms with Crippen LogP contribution in [0.15, 0.2) is 29.4 Å². The molecule has 100 valence electrons. The normalized spacial score (nSPS) is 10.4. The van der Waals surface area contributed by atoms with Crippen LogP contribution in [-0.4, -0.2) is 29.0 Å². The van der Waals surface area contributed by atoms with Crippen LogP contribution in [0.4, 0.5) is 0 Å². The van der Waals surface area contributed by atoms with Crippen molar-refractivity contribution in [3.05, 3.63) is 24.3 Å². The summed E-state index contributed by atoms with van der Waals surface area (Å²) in [6.45, 7) is 0. The number of hydrogen-bond donors (Lipinski definition) is 1. The van der Waals surface area contributed by atoms with Gasteiger partial charge in [0.25, 0.3) is 0 Å². The van der Waals surface area contributed by atoms with Crippen LogP contribution >= 0.6 is 12.0 Å². The smallest absolute Gasteiger partial charge is 0.318 e. The molecule has 1 heterocycles. The van der Waals surface area contributed by atoms with Gasteiger partial charge in [-0.3, -0.25) is 9.59 Å². The fraction of sp³-hybridized carbons (Fsp3) is 0.250. The van der Waals surface area contributed by atoms with Gasteiger partial charge >= 0.3 is 11.9 Å². The van der Waals surface area contributed by atoms with Gasteiger partial charge in [0.15, 0.2) is 0 Å². The number of benzene rings is 1. The van der Waals surface area contributed by atoms with Crippen molar-refractivity contribution in [1.82, 2.24) is 9.97 Å². The van der Waals surface area contributed by atoms with Gasteiger partial charge < -0.3 is 13.9 Å². The number of nitrogens with one attached hydrogen (secondary N) is 1. The molecule has 2 rings (SSSR count). The molecule has 0 aliphatic carbocycles. The van der Waals surface area contributed by atoms with Crippen LogP contribution in [0, 0.1) is 0 Å². The fourth-order valence-electron chi connectivity index (χ4n) is 1.40. The van der Waals surface area contributed by atoms with Crippen molar-refractivity contribution in [3.63, 3.8) is 0 Å². The first kappa shape index (κ1) is 13.4. The van der Waals surface area contributed by atoms with Crippen LogP contribution in [0.5, 0.6) is 0 Å². The summed E-state index contributed by atoms with van der Waals surface area (Å²) < 4.78 is 9.36. The molecule has 0 aliphatic rings. The third-order valence-corrected chi connectivity index (χ3v) is 2.96. The molecule has 1 aromatic heterocycles. The van der Waals surface area contributed by atoms with Crippen LogP contribution in [0.2, 0.25) is 0 Å². The number of carbonyl (C=O) groups excluding carboxylic acids is 2. The lowest BCUT2D eigenvalue weighted by Gasteiger charge is -1.99. The number of carbonyl (C=O) groups is 2. The summed E-state index contributed by atoms with van der Waals surface area (Å²) in [6.07, 6.45) is -0.00404. The topological polar surface area (TPSA) is 81.3 Å². The molecule has 19 heavy (non-hydrogen) atoms. The number of imidazole rings is 1. The van der Waals surface area contributed by atoms with Gasteiger partial charge in [0.1, 0.15) is 12.0 Å². The summed E-state index contributed by atoms with van der Waals surface area (Å²) in [4.78, 5) is 29.5. The zero-order valence-electron chi connectivity index (χ0n) is 10.2. The van der Waals surface area contributed by atoms with E-state index in [-0.39, 0.29) is 12.8 Å². The Hall–Kier alpha value is -2.02. The highest BCUT2D eigenvalue weighted by Crippen LogP contribution is 2.20. The molecule has 2 aromatic rings. The molecule has 6 nitrogen and oxygen atoms in total. The summed E-state index contributed by atoms with van der Waals surface area (Å²) >= 11 is 0.845. The summed E-state index contributed by atoms with van der Waals surface area (Å²) in [5, 5.41) is 0.493. The molecule has 7 heteroatoms. The standard InChI is InChI=1S/C12H12N2O4S/c1-17-10(15)6-7-11(16)18-19-12-13-8-4-2-3-5-9(8)14-12/h2-5H,6-7H2,1H3,(H,13,14). The van der Waals surface area contributed by atoms with Gasteiger partial charge in [-0.2, -0.15) is 0 Å². The molecular weight excluding hydrogens is 268 g/mol. The highest BCUT2D eigenvalue weighted by molar-refractivity contribution is 7.94. The van der Waals surface area contributed by atoms with E-state index < -0.39 is 11.9 Å². The molecular formula is C12H12N2O4S. The third-order valence-electron chi connectivity index (χ3n) is 2.34. The minimum Gasteiger partial charge on any atom is -0.469 e. The van der Waals surface area contributed by atoms with Crippen molar-refractivity contribution in [1.29, 1.82) is 0 Å². The van der Waals surface area contributed by atoms with Gasteiger partial charge in [-0.1, -0.05) is 12.1 Å². The monoisotopic (exact) mass is 280 g/mol. The van der Waals surface area contributed by atoms with Crippen molar-refractivity contribution < 1.29 is 18.5 Å². The second kappa shape index (κ2) is 6.24. The number of aromatic amines is 1. The third kappa shape index (κ3) is 3.72. The predicted octanol–water partition coefficient (Wildman–Crippen LogP) is 2.07. The van der Waals surface area contributed by atoms with Crippen molar-refractivity contribution in [2.75, 3.05) is 7.11 Å². The predicted molar refractivity (Wildman–Crippen MR) is 69.3 cm³/mol. The van der Waals surface area contributed by atoms with Gasteiger partial charge in [0, 0.05) is 0 Å². The van der Waals surface area contributed by atoms with Gasteiger partial charge in [0.05, 0.1) is 31.0 Å². The molecule has 0 fully saturated rings. The Balaban J connectivity index is 1.84. The average molecular weight is 280 g/mol. The molecule has 0 saturated heterocycles. The minimum absolute atomic E-state index is 0.00994. The molecule has 0 bridgehead atoms. The maximum absolute atomic E-state index is 11.4. The lowest BCUT2D eigenvalue weighted by molar-refractivity contribution is -0.144. The van der Waals surface area contributed by atoms with Crippen LogP contribution in [-0.2, 0) is 18.5 Å². The maximum Gasteiger partial charge on any atom is 0.318 e. The summed E-state index contributed by atoms with van der Waals surface area (Å²) in [7, 11) is 1.27. The lowest BCUT2D eigenvalue weighted by atomic mass is 10.3. The number of fused-ring (bicyclic) bond motifs is 1. The van der Waals surface area contributed by atoms with E-state index in [1.807, 2.05) is 24.3 Å². The number of esters is 1. The van der Waals surface area contributed by atoms with Crippen LogP contribution in [0.1, 0.15) is 12.8 Å². The number of methoxy groups -OCH3 is 1. The van der Waals surface area contributed by atoms with E-state index in [9.17, 15) is 9.59 Å². The van der Waals surface area contributed by atoms with Crippen LogP contribution in [0.3, 0.4) is 0 Å². The fourth-order valence-corrected chi connectivity index (χ4v) is 1.95. The van der Waals surface area contributed by atoms with E-state index in [0.29, 0.717) is 5.16 Å². The molecule has 1 N–H and O–H groups in total. The number of para-hydroxylation sites is 2. The van der Waals surface area contributed by atoms with Gasteiger partial charge in [0.2, 0.25) is 5.16 Å². The Morgan fingerprint density at radius 1 is 1.26 bits per heavy atom. The van der Waals surface area contributed by atoms with E-state index in [2.05, 4.69) is 14.7 Å². The van der Waals surface area contributed by atoms with E-state index in [0.717, 1.165) is 23.1 Å². The van der Waals surface area contributed by atoms with Crippen LogP contribution in [0.25, 0.3) is 11.0 Å². The molecule has 0 radical (unpaired) electrons. The number of nitrogens with zero attached hydrogens (tertiary/aromatic N) is 1. The number of aromatic nitrogens is 2. The molecule has 0 saturated carbocycles. The van der Waals surface area contributed by atoms with Gasteiger partial charge in [-0.25, -0.2) is 4.98 Å². The molecule has 0 amide bonds. The van der Waals surface area contributed by atoms with Crippen LogP contribution < -0.4 is 0 Å². The second-order valence-electron chi connectivity index (χ2n) is 3.67. The average Bonchev–Trinajstić information content (AvgIpc) is 2.85. The Morgan fingerprint density at radius 2 is 2.00 bits per heavy atom. The number of rotatable bonds is 5.